The van der Waals surface area contributed by atoms with Gasteiger partial charge in [-0.05, 0) is 25.0 Å². The van der Waals surface area contributed by atoms with E-state index in [0.29, 0.717) is 30.6 Å². The highest BCUT2D eigenvalue weighted by Crippen LogP contribution is 2.20. The molecule has 4 nitrogen and oxygen atoms in total. The number of terminal acetylenes is 1. The van der Waals surface area contributed by atoms with Gasteiger partial charge in [-0.25, -0.2) is 0 Å². The summed E-state index contributed by atoms with van der Waals surface area (Å²) in [6, 6.07) is 6.71. The largest absolute Gasteiger partial charge is 0.497 e. The smallest absolute Gasteiger partial charge is 0.316 e. The predicted octanol–water partition coefficient (Wildman–Crippen LogP) is 2.47. The van der Waals surface area contributed by atoms with Crippen molar-refractivity contribution in [1.82, 2.24) is 0 Å². The first-order valence-corrected chi connectivity index (χ1v) is 6.33. The van der Waals surface area contributed by atoms with Gasteiger partial charge in [0.2, 0.25) is 0 Å². The lowest BCUT2D eigenvalue weighted by molar-refractivity contribution is -0.143. The zero-order valence-corrected chi connectivity index (χ0v) is 11.7. The van der Waals surface area contributed by atoms with E-state index in [2.05, 4.69) is 5.92 Å². The Kier molecular flexibility index (Phi) is 6.31. The molecule has 1 rings (SSSR count). The number of benzene rings is 1. The van der Waals surface area contributed by atoms with E-state index in [4.69, 9.17) is 15.9 Å². The summed E-state index contributed by atoms with van der Waals surface area (Å²) in [5.41, 5.74) is 0.431. The number of unbranched alkanes of at least 4 members (excludes halogenated alkanes) is 1. The summed E-state index contributed by atoms with van der Waals surface area (Å²) in [7, 11) is 2.80. The van der Waals surface area contributed by atoms with Crippen molar-refractivity contribution in [3.8, 4) is 18.1 Å². The summed E-state index contributed by atoms with van der Waals surface area (Å²) < 4.78 is 9.77. The summed E-state index contributed by atoms with van der Waals surface area (Å²) in [6.45, 7) is 0. The Morgan fingerprint density at radius 3 is 2.70 bits per heavy atom. The van der Waals surface area contributed by atoms with Crippen molar-refractivity contribution < 1.29 is 19.1 Å². The van der Waals surface area contributed by atoms with Gasteiger partial charge < -0.3 is 9.47 Å². The van der Waals surface area contributed by atoms with Crippen LogP contribution in [0, 0.1) is 18.3 Å². The van der Waals surface area contributed by atoms with Crippen LogP contribution in [0.25, 0.3) is 0 Å². The molecule has 1 unspecified atom stereocenters. The average Bonchev–Trinajstić information content (AvgIpc) is 2.50. The van der Waals surface area contributed by atoms with Crippen molar-refractivity contribution in [3.63, 3.8) is 0 Å². The Morgan fingerprint density at radius 2 is 2.10 bits per heavy atom. The van der Waals surface area contributed by atoms with Crippen LogP contribution in [-0.2, 0) is 9.53 Å². The topological polar surface area (TPSA) is 52.6 Å². The molecule has 106 valence electrons. The molecular weight excluding hydrogens is 256 g/mol. The number of esters is 1. The number of rotatable bonds is 7. The first-order chi connectivity index (χ1) is 9.63. The molecule has 0 aromatic heterocycles. The SMILES string of the molecule is C#CCCCC(C(=O)OC)C(=O)c1cccc(OC)c1. The lowest BCUT2D eigenvalue weighted by Crippen LogP contribution is -2.25. The van der Waals surface area contributed by atoms with Crippen LogP contribution >= 0.6 is 0 Å². The van der Waals surface area contributed by atoms with Crippen molar-refractivity contribution in [1.29, 1.82) is 0 Å². The van der Waals surface area contributed by atoms with E-state index in [9.17, 15) is 9.59 Å². The van der Waals surface area contributed by atoms with Gasteiger partial charge in [-0.15, -0.1) is 12.3 Å². The maximum atomic E-state index is 12.4. The quantitative estimate of drug-likeness (QED) is 0.252. The fourth-order valence-corrected chi connectivity index (χ4v) is 1.88. The maximum Gasteiger partial charge on any atom is 0.316 e. The summed E-state index contributed by atoms with van der Waals surface area (Å²) in [5.74, 6) is 1.44. The van der Waals surface area contributed by atoms with Gasteiger partial charge in [0.05, 0.1) is 14.2 Å². The molecule has 0 bridgehead atoms. The van der Waals surface area contributed by atoms with Crippen LogP contribution in [0.2, 0.25) is 0 Å². The van der Waals surface area contributed by atoms with E-state index in [-0.39, 0.29) is 5.78 Å². The Bertz CT molecular complexity index is 513. The van der Waals surface area contributed by atoms with Crippen LogP contribution in [0.1, 0.15) is 29.6 Å². The molecular formula is C16H18O4. The molecule has 4 heteroatoms. The highest BCUT2D eigenvalue weighted by molar-refractivity contribution is 6.08. The average molecular weight is 274 g/mol. The van der Waals surface area contributed by atoms with Gasteiger partial charge in [-0.3, -0.25) is 9.59 Å². The van der Waals surface area contributed by atoms with E-state index in [0.717, 1.165) is 0 Å². The Labute approximate surface area is 119 Å². The molecule has 0 saturated heterocycles. The van der Waals surface area contributed by atoms with E-state index >= 15 is 0 Å². The first kappa shape index (κ1) is 15.8. The van der Waals surface area contributed by atoms with E-state index in [1.165, 1.54) is 14.2 Å². The molecule has 0 aliphatic rings. The molecule has 1 aromatic carbocycles. The zero-order chi connectivity index (χ0) is 15.0. The number of ketones is 1. The highest BCUT2D eigenvalue weighted by Gasteiger charge is 2.28. The van der Waals surface area contributed by atoms with Gasteiger partial charge in [0.15, 0.2) is 5.78 Å². The molecule has 0 aliphatic carbocycles. The summed E-state index contributed by atoms with van der Waals surface area (Å²) in [6.07, 6.45) is 6.69. The van der Waals surface area contributed by atoms with Crippen molar-refractivity contribution in [2.45, 2.75) is 19.3 Å². The first-order valence-electron chi connectivity index (χ1n) is 6.33. The van der Waals surface area contributed by atoms with Gasteiger partial charge in [0.1, 0.15) is 11.7 Å². The summed E-state index contributed by atoms with van der Waals surface area (Å²) >= 11 is 0. The minimum Gasteiger partial charge on any atom is -0.497 e. The fourth-order valence-electron chi connectivity index (χ4n) is 1.88. The number of Topliss-reactive ketones (excluding diaryl/α,β-unsaturated/α-hetero) is 1. The number of carbonyl (C=O) groups is 2. The van der Waals surface area contributed by atoms with Crippen LogP contribution in [0.5, 0.6) is 5.75 Å². The van der Waals surface area contributed by atoms with Crippen LogP contribution < -0.4 is 4.74 Å². The molecule has 20 heavy (non-hydrogen) atoms. The molecule has 0 saturated carbocycles. The highest BCUT2D eigenvalue weighted by atomic mass is 16.5. The second-order valence-corrected chi connectivity index (χ2v) is 4.27. The van der Waals surface area contributed by atoms with Crippen LogP contribution in [0.15, 0.2) is 24.3 Å². The molecule has 0 radical (unpaired) electrons. The number of carbonyl (C=O) groups excluding carboxylic acids is 2. The Morgan fingerprint density at radius 1 is 1.35 bits per heavy atom. The third-order valence-corrected chi connectivity index (χ3v) is 2.97. The number of hydrogen-bond acceptors (Lipinski definition) is 4. The zero-order valence-electron chi connectivity index (χ0n) is 11.7. The minimum atomic E-state index is -0.819. The second kappa shape index (κ2) is 8.00. The Balaban J connectivity index is 2.91. The molecule has 1 atom stereocenters. The molecule has 1 aromatic rings. The number of hydrogen-bond donors (Lipinski definition) is 0. The third kappa shape index (κ3) is 4.13. The molecule has 0 aliphatic heterocycles. The fraction of sp³-hybridized carbons (Fsp3) is 0.375. The van der Waals surface area contributed by atoms with Gasteiger partial charge in [0.25, 0.3) is 0 Å². The second-order valence-electron chi connectivity index (χ2n) is 4.27. The van der Waals surface area contributed by atoms with Crippen molar-refractivity contribution in [2.75, 3.05) is 14.2 Å². The van der Waals surface area contributed by atoms with Crippen molar-refractivity contribution >= 4 is 11.8 Å². The van der Waals surface area contributed by atoms with Crippen LogP contribution in [-0.4, -0.2) is 26.0 Å². The van der Waals surface area contributed by atoms with E-state index in [1.807, 2.05) is 0 Å². The van der Waals surface area contributed by atoms with Crippen molar-refractivity contribution in [2.24, 2.45) is 5.92 Å². The lowest BCUT2D eigenvalue weighted by Gasteiger charge is -2.13. The van der Waals surface area contributed by atoms with Gasteiger partial charge >= 0.3 is 5.97 Å². The van der Waals surface area contributed by atoms with E-state index in [1.54, 1.807) is 24.3 Å². The normalized spacial score (nSPS) is 11.2. The minimum absolute atomic E-state index is 0.271. The van der Waals surface area contributed by atoms with Crippen LogP contribution in [0.3, 0.4) is 0 Å². The van der Waals surface area contributed by atoms with Crippen molar-refractivity contribution in [3.05, 3.63) is 29.8 Å². The molecule has 0 heterocycles. The van der Waals surface area contributed by atoms with Crippen LogP contribution in [0.4, 0.5) is 0 Å². The summed E-state index contributed by atoms with van der Waals surface area (Å²) in [5, 5.41) is 0. The molecule has 0 fully saturated rings. The van der Waals surface area contributed by atoms with Gasteiger partial charge in [-0.2, -0.15) is 0 Å². The predicted molar refractivity (Wildman–Crippen MR) is 75.5 cm³/mol. The number of methoxy groups -OCH3 is 2. The molecule has 0 N–H and O–H groups in total. The van der Waals surface area contributed by atoms with Gasteiger partial charge in [0, 0.05) is 12.0 Å². The van der Waals surface area contributed by atoms with Gasteiger partial charge in [-0.1, -0.05) is 12.1 Å². The lowest BCUT2D eigenvalue weighted by atomic mass is 9.92. The third-order valence-electron chi connectivity index (χ3n) is 2.97. The maximum absolute atomic E-state index is 12.4. The van der Waals surface area contributed by atoms with E-state index < -0.39 is 11.9 Å². The Hall–Kier alpha value is -2.28. The standard InChI is InChI=1S/C16H18O4/c1-4-5-6-10-14(16(18)20-3)15(17)12-8-7-9-13(11-12)19-2/h1,7-9,11,14H,5-6,10H2,2-3H3. The molecule has 0 spiro atoms. The molecule has 0 amide bonds. The number of ether oxygens (including phenoxy) is 2. The summed E-state index contributed by atoms with van der Waals surface area (Å²) in [4.78, 5) is 24.1. The monoisotopic (exact) mass is 274 g/mol.